The lowest BCUT2D eigenvalue weighted by Gasteiger charge is -2.16. The van der Waals surface area contributed by atoms with E-state index in [9.17, 15) is 24.3 Å². The van der Waals surface area contributed by atoms with Gasteiger partial charge in [0.25, 0.3) is 0 Å². The molecular formula is C33H29NO8. The van der Waals surface area contributed by atoms with E-state index in [1.807, 2.05) is 30.3 Å². The molecule has 0 aliphatic carbocycles. The van der Waals surface area contributed by atoms with Gasteiger partial charge in [-0.3, -0.25) is 0 Å². The minimum absolute atomic E-state index is 0.00394. The smallest absolute Gasteiger partial charge is 0.408 e. The SMILES string of the molecule is O=C(N[C@@H](Cc1ccc(C(=O)OCc2ccccc2)c(C(=O)OCc2ccccc2)c1)C(=O)O)OCc1ccccc1. The zero-order valence-corrected chi connectivity index (χ0v) is 22.6. The number of ether oxygens (including phenoxy) is 3. The Morgan fingerprint density at radius 3 is 1.50 bits per heavy atom. The van der Waals surface area contributed by atoms with Gasteiger partial charge in [0, 0.05) is 6.42 Å². The molecule has 4 aromatic rings. The van der Waals surface area contributed by atoms with Crippen LogP contribution in [0, 0.1) is 0 Å². The van der Waals surface area contributed by atoms with Crippen LogP contribution in [0.2, 0.25) is 0 Å². The van der Waals surface area contributed by atoms with Crippen molar-refractivity contribution in [2.45, 2.75) is 32.3 Å². The van der Waals surface area contributed by atoms with Crippen molar-refractivity contribution in [3.05, 3.63) is 143 Å². The molecule has 0 heterocycles. The van der Waals surface area contributed by atoms with Gasteiger partial charge in [-0.25, -0.2) is 19.2 Å². The minimum Gasteiger partial charge on any atom is -0.480 e. The lowest BCUT2D eigenvalue weighted by Crippen LogP contribution is -2.42. The van der Waals surface area contributed by atoms with Gasteiger partial charge < -0.3 is 24.6 Å². The molecule has 42 heavy (non-hydrogen) atoms. The Labute approximate surface area is 242 Å². The van der Waals surface area contributed by atoms with E-state index in [1.165, 1.54) is 18.2 Å². The second-order valence-electron chi connectivity index (χ2n) is 9.30. The molecule has 4 aromatic carbocycles. The average Bonchev–Trinajstić information content (AvgIpc) is 3.02. The van der Waals surface area contributed by atoms with Gasteiger partial charge in [-0.15, -0.1) is 0 Å². The predicted octanol–water partition coefficient (Wildman–Crippen LogP) is 5.32. The Morgan fingerprint density at radius 2 is 1.02 bits per heavy atom. The number of rotatable bonds is 12. The second kappa shape index (κ2) is 14.8. The number of carboxylic acids is 1. The number of carbonyl (C=O) groups is 4. The summed E-state index contributed by atoms with van der Waals surface area (Å²) in [6.45, 7) is -0.0683. The van der Waals surface area contributed by atoms with Crippen LogP contribution < -0.4 is 5.32 Å². The summed E-state index contributed by atoms with van der Waals surface area (Å²) >= 11 is 0. The first-order valence-electron chi connectivity index (χ1n) is 13.1. The fourth-order valence-electron chi connectivity index (χ4n) is 4.01. The van der Waals surface area contributed by atoms with Crippen molar-refractivity contribution in [3.63, 3.8) is 0 Å². The maximum absolute atomic E-state index is 13.2. The van der Waals surface area contributed by atoms with E-state index in [-0.39, 0.29) is 37.4 Å². The summed E-state index contributed by atoms with van der Waals surface area (Å²) in [6.07, 6.45) is -1.09. The van der Waals surface area contributed by atoms with Crippen LogP contribution in [0.4, 0.5) is 4.79 Å². The van der Waals surface area contributed by atoms with E-state index in [0.717, 1.165) is 16.7 Å². The summed E-state index contributed by atoms with van der Waals surface area (Å²) in [6, 6.07) is 29.9. The Morgan fingerprint density at radius 1 is 0.571 bits per heavy atom. The topological polar surface area (TPSA) is 128 Å². The Hall–Kier alpha value is -5.44. The maximum Gasteiger partial charge on any atom is 0.408 e. The number of hydrogen-bond donors (Lipinski definition) is 2. The third-order valence-corrected chi connectivity index (χ3v) is 6.19. The molecule has 214 valence electrons. The van der Waals surface area contributed by atoms with E-state index >= 15 is 0 Å². The Bertz CT molecular complexity index is 1510. The van der Waals surface area contributed by atoms with E-state index < -0.39 is 30.0 Å². The maximum atomic E-state index is 13.2. The first kappa shape index (κ1) is 29.5. The first-order valence-corrected chi connectivity index (χ1v) is 13.1. The van der Waals surface area contributed by atoms with Gasteiger partial charge in [0.1, 0.15) is 25.9 Å². The summed E-state index contributed by atoms with van der Waals surface area (Å²) in [4.78, 5) is 50.4. The number of carbonyl (C=O) groups excluding carboxylic acids is 3. The molecule has 0 radical (unpaired) electrons. The number of hydrogen-bond acceptors (Lipinski definition) is 7. The summed E-state index contributed by atoms with van der Waals surface area (Å²) in [7, 11) is 0. The third kappa shape index (κ3) is 8.79. The summed E-state index contributed by atoms with van der Waals surface area (Å²) in [5, 5.41) is 12.1. The summed E-state index contributed by atoms with van der Waals surface area (Å²) in [5.74, 6) is -2.82. The molecule has 0 saturated carbocycles. The standard InChI is InChI=1S/C33H29NO8/c35-30(36)29(34-33(39)42-22-25-14-8-3-9-15-25)19-26-16-17-27(31(37)40-20-23-10-4-1-5-11-23)28(18-26)32(38)41-21-24-12-6-2-7-13-24/h1-18,29H,19-22H2,(H,34,39)(H,35,36)/t29-/m0/s1. The highest BCUT2D eigenvalue weighted by Gasteiger charge is 2.25. The van der Waals surface area contributed by atoms with Crippen molar-refractivity contribution in [2.75, 3.05) is 0 Å². The quantitative estimate of drug-likeness (QED) is 0.174. The van der Waals surface area contributed by atoms with Crippen molar-refractivity contribution >= 4 is 24.0 Å². The fraction of sp³-hybridized carbons (Fsp3) is 0.152. The highest BCUT2D eigenvalue weighted by molar-refractivity contribution is 6.03. The van der Waals surface area contributed by atoms with Crippen LogP contribution in [-0.2, 0) is 45.2 Å². The first-order chi connectivity index (χ1) is 20.4. The van der Waals surface area contributed by atoms with E-state index in [1.54, 1.807) is 60.7 Å². The van der Waals surface area contributed by atoms with Crippen LogP contribution >= 0.6 is 0 Å². The number of nitrogens with one attached hydrogen (secondary N) is 1. The Kier molecular flexibility index (Phi) is 10.4. The molecule has 1 amide bonds. The normalized spacial score (nSPS) is 11.1. The molecule has 0 aliphatic heterocycles. The minimum atomic E-state index is -1.36. The lowest BCUT2D eigenvalue weighted by molar-refractivity contribution is -0.139. The van der Waals surface area contributed by atoms with Gasteiger partial charge in [-0.1, -0.05) is 97.1 Å². The van der Waals surface area contributed by atoms with Crippen LogP contribution in [0.15, 0.2) is 109 Å². The molecule has 0 spiro atoms. The van der Waals surface area contributed by atoms with Crippen molar-refractivity contribution < 1.29 is 38.5 Å². The fourth-order valence-corrected chi connectivity index (χ4v) is 4.01. The van der Waals surface area contributed by atoms with E-state index in [0.29, 0.717) is 5.56 Å². The van der Waals surface area contributed by atoms with E-state index in [4.69, 9.17) is 14.2 Å². The second-order valence-corrected chi connectivity index (χ2v) is 9.30. The molecule has 9 heteroatoms. The van der Waals surface area contributed by atoms with Gasteiger partial charge in [0.2, 0.25) is 0 Å². The number of amides is 1. The van der Waals surface area contributed by atoms with Gasteiger partial charge in [0.15, 0.2) is 0 Å². The highest BCUT2D eigenvalue weighted by Crippen LogP contribution is 2.19. The number of alkyl carbamates (subject to hydrolysis) is 1. The van der Waals surface area contributed by atoms with Crippen molar-refractivity contribution in [3.8, 4) is 0 Å². The van der Waals surface area contributed by atoms with Gasteiger partial charge in [-0.05, 0) is 34.4 Å². The van der Waals surface area contributed by atoms with Crippen molar-refractivity contribution in [1.82, 2.24) is 5.32 Å². The third-order valence-electron chi connectivity index (χ3n) is 6.19. The molecule has 0 bridgehead atoms. The molecule has 0 aliphatic rings. The van der Waals surface area contributed by atoms with Crippen LogP contribution in [0.5, 0.6) is 0 Å². The number of aliphatic carboxylic acids is 1. The highest BCUT2D eigenvalue weighted by atomic mass is 16.6. The zero-order valence-electron chi connectivity index (χ0n) is 22.6. The molecule has 9 nitrogen and oxygen atoms in total. The van der Waals surface area contributed by atoms with Gasteiger partial charge in [0.05, 0.1) is 11.1 Å². The molecule has 1 atom stereocenters. The van der Waals surface area contributed by atoms with Crippen LogP contribution in [-0.4, -0.2) is 35.1 Å². The molecule has 0 unspecified atom stereocenters. The molecule has 0 fully saturated rings. The van der Waals surface area contributed by atoms with Crippen molar-refractivity contribution in [2.24, 2.45) is 0 Å². The monoisotopic (exact) mass is 567 g/mol. The summed E-state index contributed by atoms with van der Waals surface area (Å²) in [5.41, 5.74) is 2.52. The molecule has 2 N–H and O–H groups in total. The molecule has 0 aromatic heterocycles. The van der Waals surface area contributed by atoms with Crippen LogP contribution in [0.3, 0.4) is 0 Å². The van der Waals surface area contributed by atoms with Crippen LogP contribution in [0.25, 0.3) is 0 Å². The largest absolute Gasteiger partial charge is 0.480 e. The van der Waals surface area contributed by atoms with E-state index in [2.05, 4.69) is 5.32 Å². The number of carboxylic acid groups (broad SMARTS) is 1. The van der Waals surface area contributed by atoms with Gasteiger partial charge >= 0.3 is 24.0 Å². The average molecular weight is 568 g/mol. The predicted molar refractivity (Wildman–Crippen MR) is 152 cm³/mol. The molecule has 4 rings (SSSR count). The Balaban J connectivity index is 1.49. The van der Waals surface area contributed by atoms with Crippen LogP contribution in [0.1, 0.15) is 43.0 Å². The lowest BCUT2D eigenvalue weighted by atomic mass is 9.99. The van der Waals surface area contributed by atoms with Gasteiger partial charge in [-0.2, -0.15) is 0 Å². The summed E-state index contributed by atoms with van der Waals surface area (Å²) < 4.78 is 16.0. The zero-order chi connectivity index (χ0) is 29.7. The van der Waals surface area contributed by atoms with Crippen molar-refractivity contribution in [1.29, 1.82) is 0 Å². The number of esters is 2. The number of benzene rings is 4. The molecule has 0 saturated heterocycles. The molecular weight excluding hydrogens is 538 g/mol.